The van der Waals surface area contributed by atoms with Gasteiger partial charge in [-0.05, 0) is 25.0 Å². The average Bonchev–Trinajstić information content (AvgIpc) is 2.55. The number of hydrogen-bond donors (Lipinski definition) is 1. The summed E-state index contributed by atoms with van der Waals surface area (Å²) in [5.74, 6) is 1.57. The first-order valence-corrected chi connectivity index (χ1v) is 7.64. The number of rotatable bonds is 4. The van der Waals surface area contributed by atoms with Gasteiger partial charge in [-0.15, -0.1) is 0 Å². The first-order chi connectivity index (χ1) is 10.7. The predicted octanol–water partition coefficient (Wildman–Crippen LogP) is 3.99. The van der Waals surface area contributed by atoms with Crippen LogP contribution in [-0.2, 0) is 6.42 Å². The van der Waals surface area contributed by atoms with E-state index in [0.717, 1.165) is 46.8 Å². The smallest absolute Gasteiger partial charge is 0.165 e. The molecule has 0 aliphatic heterocycles. The highest BCUT2D eigenvalue weighted by Crippen LogP contribution is 2.28. The molecule has 0 fully saturated rings. The van der Waals surface area contributed by atoms with E-state index in [1.54, 1.807) is 0 Å². The summed E-state index contributed by atoms with van der Waals surface area (Å²) < 4.78 is 0. The number of anilines is 1. The zero-order chi connectivity index (χ0) is 15.5. The number of aromatic nitrogens is 3. The standard InChI is InChI=1S/C18H20N4/c1-4-8-14-11-15-17(19-3)20-12(2)21-18(15)22-16(14)13-9-6-5-7-10-13/h5-7,9-11H,4,8H2,1-3H3,(H,19,20,21,22). The van der Waals surface area contributed by atoms with Gasteiger partial charge >= 0.3 is 0 Å². The Morgan fingerprint density at radius 1 is 1.05 bits per heavy atom. The molecule has 0 atom stereocenters. The molecule has 0 radical (unpaired) electrons. The maximum absolute atomic E-state index is 4.84. The van der Waals surface area contributed by atoms with Crippen LogP contribution in [0.15, 0.2) is 36.4 Å². The van der Waals surface area contributed by atoms with Gasteiger partial charge in [-0.1, -0.05) is 43.7 Å². The van der Waals surface area contributed by atoms with Crippen LogP contribution in [0.3, 0.4) is 0 Å². The highest BCUT2D eigenvalue weighted by Gasteiger charge is 2.13. The van der Waals surface area contributed by atoms with Crippen molar-refractivity contribution in [2.24, 2.45) is 0 Å². The zero-order valence-corrected chi connectivity index (χ0v) is 13.2. The van der Waals surface area contributed by atoms with Crippen LogP contribution in [0.4, 0.5) is 5.82 Å². The number of benzene rings is 1. The van der Waals surface area contributed by atoms with Crippen LogP contribution in [-0.4, -0.2) is 22.0 Å². The van der Waals surface area contributed by atoms with Gasteiger partial charge in [0.1, 0.15) is 11.6 Å². The Labute approximate surface area is 130 Å². The number of nitrogens with zero attached hydrogens (tertiary/aromatic N) is 3. The highest BCUT2D eigenvalue weighted by atomic mass is 15.0. The number of fused-ring (bicyclic) bond motifs is 1. The Morgan fingerprint density at radius 2 is 1.82 bits per heavy atom. The topological polar surface area (TPSA) is 50.7 Å². The molecule has 1 N–H and O–H groups in total. The lowest BCUT2D eigenvalue weighted by molar-refractivity contribution is 0.918. The lowest BCUT2D eigenvalue weighted by atomic mass is 10.0. The van der Waals surface area contributed by atoms with Gasteiger partial charge < -0.3 is 5.32 Å². The van der Waals surface area contributed by atoms with Crippen molar-refractivity contribution in [3.8, 4) is 11.3 Å². The molecule has 2 heterocycles. The fourth-order valence-corrected chi connectivity index (χ4v) is 2.70. The molecule has 3 aromatic rings. The Balaban J connectivity index is 2.29. The van der Waals surface area contributed by atoms with E-state index < -0.39 is 0 Å². The van der Waals surface area contributed by atoms with Gasteiger partial charge in [0.2, 0.25) is 0 Å². The predicted molar refractivity (Wildman–Crippen MR) is 91.0 cm³/mol. The Bertz CT molecular complexity index is 797. The van der Waals surface area contributed by atoms with E-state index in [0.29, 0.717) is 0 Å². The maximum Gasteiger partial charge on any atom is 0.165 e. The lowest BCUT2D eigenvalue weighted by Crippen LogP contribution is -2.02. The van der Waals surface area contributed by atoms with Crippen molar-refractivity contribution >= 4 is 16.9 Å². The van der Waals surface area contributed by atoms with Crippen LogP contribution in [0.5, 0.6) is 0 Å². The molecule has 0 unspecified atom stereocenters. The lowest BCUT2D eigenvalue weighted by Gasteiger charge is -2.12. The highest BCUT2D eigenvalue weighted by molar-refractivity contribution is 5.89. The van der Waals surface area contributed by atoms with Crippen molar-refractivity contribution < 1.29 is 0 Å². The molecule has 0 spiro atoms. The first-order valence-electron chi connectivity index (χ1n) is 7.64. The zero-order valence-electron chi connectivity index (χ0n) is 13.2. The van der Waals surface area contributed by atoms with Gasteiger partial charge in [0.05, 0.1) is 11.1 Å². The fraction of sp³-hybridized carbons (Fsp3) is 0.278. The summed E-state index contributed by atoms with van der Waals surface area (Å²) in [7, 11) is 1.88. The molecule has 4 nitrogen and oxygen atoms in total. The van der Waals surface area contributed by atoms with E-state index in [1.807, 2.05) is 32.2 Å². The van der Waals surface area contributed by atoms with Gasteiger partial charge in [0.15, 0.2) is 5.65 Å². The number of nitrogens with one attached hydrogen (secondary N) is 1. The molecule has 4 heteroatoms. The Morgan fingerprint density at radius 3 is 2.50 bits per heavy atom. The van der Waals surface area contributed by atoms with Crippen molar-refractivity contribution in [2.75, 3.05) is 12.4 Å². The van der Waals surface area contributed by atoms with Crippen LogP contribution in [0.2, 0.25) is 0 Å². The summed E-state index contributed by atoms with van der Waals surface area (Å²) in [6, 6.07) is 12.5. The van der Waals surface area contributed by atoms with Crippen molar-refractivity contribution in [3.63, 3.8) is 0 Å². The molecule has 22 heavy (non-hydrogen) atoms. The number of aryl methyl sites for hydroxylation is 2. The minimum Gasteiger partial charge on any atom is -0.372 e. The van der Waals surface area contributed by atoms with Gasteiger partial charge in [-0.2, -0.15) is 0 Å². The number of hydrogen-bond acceptors (Lipinski definition) is 4. The minimum atomic E-state index is 0.728. The van der Waals surface area contributed by atoms with E-state index in [2.05, 4.69) is 40.4 Å². The van der Waals surface area contributed by atoms with Crippen molar-refractivity contribution in [2.45, 2.75) is 26.7 Å². The summed E-state index contributed by atoms with van der Waals surface area (Å²) in [5.41, 5.74) is 4.14. The second-order valence-electron chi connectivity index (χ2n) is 5.35. The van der Waals surface area contributed by atoms with Crippen LogP contribution < -0.4 is 5.32 Å². The van der Waals surface area contributed by atoms with Gasteiger partial charge in [0, 0.05) is 12.6 Å². The molecule has 0 aliphatic carbocycles. The molecule has 3 rings (SSSR count). The molecule has 0 amide bonds. The average molecular weight is 292 g/mol. The summed E-state index contributed by atoms with van der Waals surface area (Å²) in [5, 5.41) is 4.13. The van der Waals surface area contributed by atoms with Gasteiger partial charge in [-0.25, -0.2) is 15.0 Å². The van der Waals surface area contributed by atoms with E-state index in [-0.39, 0.29) is 0 Å². The largest absolute Gasteiger partial charge is 0.372 e. The third-order valence-corrected chi connectivity index (χ3v) is 3.68. The van der Waals surface area contributed by atoms with Crippen molar-refractivity contribution in [1.82, 2.24) is 15.0 Å². The second kappa shape index (κ2) is 6.10. The molecule has 2 aromatic heterocycles. The fourth-order valence-electron chi connectivity index (χ4n) is 2.70. The SMILES string of the molecule is CCCc1cc2c(NC)nc(C)nc2nc1-c1ccccc1. The Hall–Kier alpha value is -2.49. The molecule has 1 aromatic carbocycles. The van der Waals surface area contributed by atoms with E-state index >= 15 is 0 Å². The third kappa shape index (κ3) is 2.64. The van der Waals surface area contributed by atoms with E-state index in [9.17, 15) is 0 Å². The molecular formula is C18H20N4. The monoisotopic (exact) mass is 292 g/mol. The molecule has 0 saturated carbocycles. The summed E-state index contributed by atoms with van der Waals surface area (Å²) in [4.78, 5) is 13.8. The van der Waals surface area contributed by atoms with Crippen LogP contribution in [0, 0.1) is 6.92 Å². The summed E-state index contributed by atoms with van der Waals surface area (Å²) in [6.07, 6.45) is 2.07. The van der Waals surface area contributed by atoms with Gasteiger partial charge in [0.25, 0.3) is 0 Å². The van der Waals surface area contributed by atoms with Crippen molar-refractivity contribution in [3.05, 3.63) is 47.8 Å². The normalized spacial score (nSPS) is 10.9. The molecule has 0 aliphatic rings. The summed E-state index contributed by atoms with van der Waals surface area (Å²) in [6.45, 7) is 4.08. The van der Waals surface area contributed by atoms with Crippen LogP contribution in [0.25, 0.3) is 22.3 Å². The third-order valence-electron chi connectivity index (χ3n) is 3.68. The van der Waals surface area contributed by atoms with E-state index in [1.165, 1.54) is 5.56 Å². The van der Waals surface area contributed by atoms with Crippen molar-refractivity contribution in [1.29, 1.82) is 0 Å². The molecule has 112 valence electrons. The van der Waals surface area contributed by atoms with E-state index in [4.69, 9.17) is 4.98 Å². The molecule has 0 saturated heterocycles. The van der Waals surface area contributed by atoms with Crippen LogP contribution in [0.1, 0.15) is 24.7 Å². The molecular weight excluding hydrogens is 272 g/mol. The second-order valence-corrected chi connectivity index (χ2v) is 5.35. The van der Waals surface area contributed by atoms with Gasteiger partial charge in [-0.3, -0.25) is 0 Å². The summed E-state index contributed by atoms with van der Waals surface area (Å²) >= 11 is 0. The number of pyridine rings is 1. The maximum atomic E-state index is 4.84. The van der Waals surface area contributed by atoms with Crippen LogP contribution >= 0.6 is 0 Å². The first kappa shape index (κ1) is 14.4. The quantitative estimate of drug-likeness (QED) is 0.790. The molecule has 0 bridgehead atoms. The minimum absolute atomic E-state index is 0.728. The Kier molecular flexibility index (Phi) is 4.00.